The van der Waals surface area contributed by atoms with Gasteiger partial charge < -0.3 is 0 Å². The molecular weight excluding hydrogens is 585 g/mol. The van der Waals surface area contributed by atoms with Crippen molar-refractivity contribution < 1.29 is 0 Å². The van der Waals surface area contributed by atoms with Crippen LogP contribution in [0, 0.1) is 23.7 Å². The molecule has 4 saturated carbocycles. The van der Waals surface area contributed by atoms with Crippen LogP contribution in [-0.2, 0) is 5.41 Å². The molecule has 1 heterocycles. The predicted octanol–water partition coefficient (Wildman–Crippen LogP) is 12.8. The number of fused-ring (bicyclic) bond motifs is 6. The Balaban J connectivity index is 1.21. The minimum Gasteiger partial charge on any atom is -0.135 e. The van der Waals surface area contributed by atoms with E-state index in [0.717, 1.165) is 23.7 Å². The number of hydrogen-bond acceptors (Lipinski definition) is 1. The summed E-state index contributed by atoms with van der Waals surface area (Å²) in [5.74, 6) is 3.27. The maximum atomic E-state index is 2.53. The molecule has 5 aliphatic rings. The molecule has 0 atom stereocenters. The average molecular weight is 621 g/mol. The van der Waals surface area contributed by atoms with Crippen molar-refractivity contribution in [1.29, 1.82) is 0 Å². The van der Waals surface area contributed by atoms with Crippen molar-refractivity contribution in [2.24, 2.45) is 23.7 Å². The molecular formula is C46H36S. The molecule has 4 bridgehead atoms. The smallest absolute Gasteiger partial charge is 0.0355 e. The summed E-state index contributed by atoms with van der Waals surface area (Å²) < 4.78 is 2.75. The summed E-state index contributed by atoms with van der Waals surface area (Å²) in [4.78, 5) is 0. The Hall–Kier alpha value is -4.46. The molecule has 7 aromatic rings. The molecule has 1 heteroatoms. The molecule has 0 nitrogen and oxygen atoms in total. The van der Waals surface area contributed by atoms with Crippen LogP contribution in [0.2, 0.25) is 0 Å². The van der Waals surface area contributed by atoms with Crippen LogP contribution in [0.15, 0.2) is 133 Å². The Morgan fingerprint density at radius 2 is 1.11 bits per heavy atom. The fraction of sp³-hybridized carbons (Fsp3) is 0.217. The molecule has 0 aliphatic heterocycles. The molecule has 0 saturated heterocycles. The van der Waals surface area contributed by atoms with Crippen molar-refractivity contribution in [3.05, 3.63) is 145 Å². The van der Waals surface area contributed by atoms with E-state index in [2.05, 4.69) is 133 Å². The Labute approximate surface area is 280 Å². The first-order chi connectivity index (χ1) is 23.3. The predicted molar refractivity (Wildman–Crippen MR) is 199 cm³/mol. The first-order valence-electron chi connectivity index (χ1n) is 17.6. The van der Waals surface area contributed by atoms with Gasteiger partial charge in [-0.05, 0) is 136 Å². The van der Waals surface area contributed by atoms with Gasteiger partial charge in [-0.2, -0.15) is 0 Å². The van der Waals surface area contributed by atoms with E-state index in [-0.39, 0.29) is 5.41 Å². The van der Waals surface area contributed by atoms with Crippen molar-refractivity contribution in [2.75, 3.05) is 0 Å². The fourth-order valence-corrected chi connectivity index (χ4v) is 12.2. The third-order valence-corrected chi connectivity index (χ3v) is 13.8. The van der Waals surface area contributed by atoms with Gasteiger partial charge in [-0.25, -0.2) is 0 Å². The van der Waals surface area contributed by atoms with Crippen molar-refractivity contribution in [3.8, 4) is 44.5 Å². The van der Waals surface area contributed by atoms with E-state index in [1.807, 2.05) is 11.3 Å². The van der Waals surface area contributed by atoms with Gasteiger partial charge in [-0.1, -0.05) is 109 Å². The van der Waals surface area contributed by atoms with Crippen LogP contribution >= 0.6 is 11.3 Å². The van der Waals surface area contributed by atoms with Gasteiger partial charge in [0.15, 0.2) is 0 Å². The molecule has 0 unspecified atom stereocenters. The van der Waals surface area contributed by atoms with Crippen LogP contribution in [0.25, 0.3) is 64.7 Å². The van der Waals surface area contributed by atoms with E-state index < -0.39 is 0 Å². The molecule has 0 N–H and O–H groups in total. The molecule has 1 aromatic heterocycles. The van der Waals surface area contributed by atoms with Gasteiger partial charge in [-0.3, -0.25) is 0 Å². The Bertz CT molecular complexity index is 2340. The van der Waals surface area contributed by atoms with E-state index in [9.17, 15) is 0 Å². The highest BCUT2D eigenvalue weighted by molar-refractivity contribution is 7.25. The summed E-state index contributed by atoms with van der Waals surface area (Å²) >= 11 is 1.91. The van der Waals surface area contributed by atoms with E-state index in [1.54, 1.807) is 11.1 Å². The highest BCUT2D eigenvalue weighted by Crippen LogP contribution is 2.71. The summed E-state index contributed by atoms with van der Waals surface area (Å²) in [7, 11) is 0. The van der Waals surface area contributed by atoms with Crippen LogP contribution < -0.4 is 0 Å². The third kappa shape index (κ3) is 3.64. The summed E-state index contributed by atoms with van der Waals surface area (Å²) in [6, 6.07) is 51.0. The van der Waals surface area contributed by atoms with E-state index in [0.29, 0.717) is 0 Å². The van der Waals surface area contributed by atoms with Gasteiger partial charge in [0, 0.05) is 25.6 Å². The lowest BCUT2D eigenvalue weighted by molar-refractivity contribution is -0.0397. The van der Waals surface area contributed by atoms with Crippen molar-refractivity contribution >= 4 is 31.5 Å². The first kappa shape index (κ1) is 26.6. The second kappa shape index (κ2) is 9.78. The zero-order chi connectivity index (χ0) is 30.7. The Morgan fingerprint density at radius 1 is 0.447 bits per heavy atom. The van der Waals surface area contributed by atoms with Gasteiger partial charge >= 0.3 is 0 Å². The van der Waals surface area contributed by atoms with Crippen molar-refractivity contribution in [1.82, 2.24) is 0 Å². The average Bonchev–Trinajstić information content (AvgIpc) is 3.64. The maximum absolute atomic E-state index is 2.53. The minimum atomic E-state index is 0.0899. The van der Waals surface area contributed by atoms with Crippen LogP contribution in [0.5, 0.6) is 0 Å². The SMILES string of the molecule is c1ccc(-c2cccc(-c3ccc(-c4ccc5sc6ccccc6c5c4)c4c3C3(c5ccccc5-4)C4CC5CC(C4)CC3C5)c2)cc1. The lowest BCUT2D eigenvalue weighted by Crippen LogP contribution is -2.55. The molecule has 226 valence electrons. The molecule has 0 radical (unpaired) electrons. The number of thiophene rings is 1. The largest absolute Gasteiger partial charge is 0.135 e. The number of hydrogen-bond donors (Lipinski definition) is 0. The maximum Gasteiger partial charge on any atom is 0.0355 e. The summed E-state index contributed by atoms with van der Waals surface area (Å²) in [6.07, 6.45) is 7.03. The lowest BCUT2D eigenvalue weighted by atomic mass is 9.42. The standard InChI is InChI=1S/C46H36S/c1-2-9-30(10-3-1)31-11-8-12-32(26-31)37-19-18-36(33-17-20-43-40(27-33)38-13-5-7-16-42(38)47-43)44-39-14-4-6-15-41(39)46(45(37)44)34-22-28-21-29(24-34)25-35(46)23-28/h1-20,26-29,34-35H,21-25H2. The van der Waals surface area contributed by atoms with E-state index in [1.165, 1.54) is 96.8 Å². The summed E-state index contributed by atoms with van der Waals surface area (Å²) in [6.45, 7) is 0. The van der Waals surface area contributed by atoms with Crippen LogP contribution in [0.3, 0.4) is 0 Å². The highest BCUT2D eigenvalue weighted by Gasteiger charge is 2.62. The first-order valence-corrected chi connectivity index (χ1v) is 18.4. The Kier molecular flexibility index (Phi) is 5.53. The van der Waals surface area contributed by atoms with Crippen LogP contribution in [0.1, 0.15) is 43.2 Å². The molecule has 12 rings (SSSR count). The van der Waals surface area contributed by atoms with Gasteiger partial charge in [0.1, 0.15) is 0 Å². The fourth-order valence-electron chi connectivity index (χ4n) is 11.2. The zero-order valence-corrected chi connectivity index (χ0v) is 27.3. The second-order valence-corrected chi connectivity index (χ2v) is 16.0. The molecule has 1 spiro atoms. The topological polar surface area (TPSA) is 0 Å². The molecule has 47 heavy (non-hydrogen) atoms. The Morgan fingerprint density at radius 3 is 1.96 bits per heavy atom. The van der Waals surface area contributed by atoms with Gasteiger partial charge in [-0.15, -0.1) is 11.3 Å². The van der Waals surface area contributed by atoms with E-state index in [4.69, 9.17) is 0 Å². The normalized spacial score (nSPS) is 25.1. The quantitative estimate of drug-likeness (QED) is 0.184. The molecule has 0 amide bonds. The minimum absolute atomic E-state index is 0.0899. The van der Waals surface area contributed by atoms with Gasteiger partial charge in [0.25, 0.3) is 0 Å². The second-order valence-electron chi connectivity index (χ2n) is 14.9. The number of benzene rings is 6. The van der Waals surface area contributed by atoms with Crippen molar-refractivity contribution in [3.63, 3.8) is 0 Å². The van der Waals surface area contributed by atoms with Crippen LogP contribution in [-0.4, -0.2) is 0 Å². The van der Waals surface area contributed by atoms with Crippen molar-refractivity contribution in [2.45, 2.75) is 37.5 Å². The molecule has 5 aliphatic carbocycles. The number of rotatable bonds is 3. The molecule has 4 fully saturated rings. The highest BCUT2D eigenvalue weighted by atomic mass is 32.1. The molecule has 6 aromatic carbocycles. The van der Waals surface area contributed by atoms with Gasteiger partial charge in [0.05, 0.1) is 0 Å². The van der Waals surface area contributed by atoms with Gasteiger partial charge in [0.2, 0.25) is 0 Å². The van der Waals surface area contributed by atoms with Crippen LogP contribution in [0.4, 0.5) is 0 Å². The third-order valence-electron chi connectivity index (χ3n) is 12.7. The zero-order valence-electron chi connectivity index (χ0n) is 26.5. The van der Waals surface area contributed by atoms with E-state index >= 15 is 0 Å². The monoisotopic (exact) mass is 620 g/mol. The summed E-state index contributed by atoms with van der Waals surface area (Å²) in [5, 5.41) is 2.75. The lowest BCUT2D eigenvalue weighted by Gasteiger charge is -2.61. The summed E-state index contributed by atoms with van der Waals surface area (Å²) in [5.41, 5.74) is 14.5.